The molecule has 0 radical (unpaired) electrons. The molecule has 1 fully saturated rings. The second-order valence-corrected chi connectivity index (χ2v) is 5.96. The highest BCUT2D eigenvalue weighted by Crippen LogP contribution is 2.34. The van der Waals surface area contributed by atoms with Crippen molar-refractivity contribution in [2.24, 2.45) is 0 Å². The molecule has 3 rings (SSSR count). The first kappa shape index (κ1) is 11.9. The summed E-state index contributed by atoms with van der Waals surface area (Å²) in [6.07, 6.45) is 8.80. The Kier molecular flexibility index (Phi) is 3.19. The van der Waals surface area contributed by atoms with Crippen molar-refractivity contribution in [3.05, 3.63) is 23.8 Å². The van der Waals surface area contributed by atoms with Gasteiger partial charge in [-0.05, 0) is 57.1 Å². The maximum atomic E-state index is 6.27. The maximum absolute atomic E-state index is 6.27. The number of rotatable bonds is 2. The molecule has 0 unspecified atom stereocenters. The summed E-state index contributed by atoms with van der Waals surface area (Å²) < 4.78 is 6.27. The van der Waals surface area contributed by atoms with Crippen LogP contribution >= 0.6 is 0 Å². The lowest BCUT2D eigenvalue weighted by atomic mass is 9.86. The van der Waals surface area contributed by atoms with E-state index in [9.17, 15) is 0 Å². The molecule has 98 valence electrons. The molecule has 1 heterocycles. The molecule has 0 bridgehead atoms. The Hall–Kier alpha value is -1.18. The summed E-state index contributed by atoms with van der Waals surface area (Å²) in [5.74, 6) is 1.03. The SMILES string of the molecule is CC1(Oc2ccc3c(c2)NCCC3)CCCCC1. The number of ether oxygens (including phenoxy) is 1. The van der Waals surface area contributed by atoms with E-state index in [4.69, 9.17) is 4.74 Å². The molecule has 2 aliphatic rings. The number of fused-ring (bicyclic) bond motifs is 1. The molecule has 0 aromatic heterocycles. The zero-order chi connectivity index (χ0) is 12.4. The third-order valence-corrected chi connectivity index (χ3v) is 4.30. The van der Waals surface area contributed by atoms with Crippen LogP contribution in [0.1, 0.15) is 51.0 Å². The number of benzene rings is 1. The first-order valence-electron chi connectivity index (χ1n) is 7.31. The van der Waals surface area contributed by atoms with Gasteiger partial charge in [0, 0.05) is 18.3 Å². The Bertz CT molecular complexity index is 421. The van der Waals surface area contributed by atoms with Crippen molar-refractivity contribution in [2.45, 2.75) is 57.5 Å². The van der Waals surface area contributed by atoms with Crippen molar-refractivity contribution in [2.75, 3.05) is 11.9 Å². The van der Waals surface area contributed by atoms with Gasteiger partial charge in [-0.15, -0.1) is 0 Å². The predicted octanol–water partition coefficient (Wildman–Crippen LogP) is 4.15. The van der Waals surface area contributed by atoms with E-state index in [0.29, 0.717) is 0 Å². The molecule has 18 heavy (non-hydrogen) atoms. The molecule has 0 spiro atoms. The van der Waals surface area contributed by atoms with Gasteiger partial charge in [0.05, 0.1) is 0 Å². The van der Waals surface area contributed by atoms with Crippen LogP contribution in [-0.4, -0.2) is 12.1 Å². The predicted molar refractivity (Wildman–Crippen MR) is 75.4 cm³/mol. The molecule has 0 saturated heterocycles. The Morgan fingerprint density at radius 2 is 1.94 bits per heavy atom. The lowest BCUT2D eigenvalue weighted by molar-refractivity contribution is 0.0488. The minimum absolute atomic E-state index is 0.0567. The molecular formula is C16H23NO. The largest absolute Gasteiger partial charge is 0.488 e. The van der Waals surface area contributed by atoms with Gasteiger partial charge in [-0.3, -0.25) is 0 Å². The summed E-state index contributed by atoms with van der Waals surface area (Å²) in [6.45, 7) is 3.35. The Labute approximate surface area is 110 Å². The summed E-state index contributed by atoms with van der Waals surface area (Å²) in [6, 6.07) is 6.56. The monoisotopic (exact) mass is 245 g/mol. The quantitative estimate of drug-likeness (QED) is 0.845. The van der Waals surface area contributed by atoms with Gasteiger partial charge in [0.2, 0.25) is 0 Å². The van der Waals surface area contributed by atoms with Crippen molar-refractivity contribution in [1.82, 2.24) is 0 Å². The van der Waals surface area contributed by atoms with Gasteiger partial charge < -0.3 is 10.1 Å². The average molecular weight is 245 g/mol. The molecule has 2 heteroatoms. The number of nitrogens with one attached hydrogen (secondary N) is 1. The lowest BCUT2D eigenvalue weighted by Crippen LogP contribution is -2.34. The van der Waals surface area contributed by atoms with Gasteiger partial charge in [-0.2, -0.15) is 0 Å². The second kappa shape index (κ2) is 4.83. The second-order valence-electron chi connectivity index (χ2n) is 5.96. The third kappa shape index (κ3) is 2.47. The van der Waals surface area contributed by atoms with E-state index < -0.39 is 0 Å². The zero-order valence-electron chi connectivity index (χ0n) is 11.3. The minimum Gasteiger partial charge on any atom is -0.488 e. The van der Waals surface area contributed by atoms with E-state index in [1.807, 2.05) is 0 Å². The van der Waals surface area contributed by atoms with Gasteiger partial charge in [-0.1, -0.05) is 12.5 Å². The number of aryl methyl sites for hydroxylation is 1. The first-order valence-corrected chi connectivity index (χ1v) is 7.31. The summed E-state index contributed by atoms with van der Waals surface area (Å²) in [5, 5.41) is 3.47. The summed E-state index contributed by atoms with van der Waals surface area (Å²) in [7, 11) is 0. The molecule has 1 aliphatic carbocycles. The van der Waals surface area contributed by atoms with Crippen LogP contribution in [0.15, 0.2) is 18.2 Å². The molecular weight excluding hydrogens is 222 g/mol. The molecule has 1 aliphatic heterocycles. The highest BCUT2D eigenvalue weighted by molar-refractivity contribution is 5.56. The number of hydrogen-bond acceptors (Lipinski definition) is 2. The van der Waals surface area contributed by atoms with Crippen molar-refractivity contribution in [3.63, 3.8) is 0 Å². The zero-order valence-corrected chi connectivity index (χ0v) is 11.3. The minimum atomic E-state index is 0.0567. The number of anilines is 1. The average Bonchev–Trinajstić information content (AvgIpc) is 2.39. The maximum Gasteiger partial charge on any atom is 0.122 e. The van der Waals surface area contributed by atoms with E-state index in [0.717, 1.165) is 12.3 Å². The Morgan fingerprint density at radius 1 is 1.11 bits per heavy atom. The van der Waals surface area contributed by atoms with Crippen LogP contribution in [-0.2, 0) is 6.42 Å². The van der Waals surface area contributed by atoms with Crippen molar-refractivity contribution in [3.8, 4) is 5.75 Å². The van der Waals surface area contributed by atoms with Crippen LogP contribution in [0, 0.1) is 0 Å². The van der Waals surface area contributed by atoms with Crippen molar-refractivity contribution >= 4 is 5.69 Å². The Balaban J connectivity index is 1.76. The highest BCUT2D eigenvalue weighted by Gasteiger charge is 2.28. The smallest absolute Gasteiger partial charge is 0.122 e. The normalized spacial score (nSPS) is 21.8. The first-order chi connectivity index (χ1) is 8.75. The van der Waals surface area contributed by atoms with E-state index >= 15 is 0 Å². The fourth-order valence-electron chi connectivity index (χ4n) is 3.19. The van der Waals surface area contributed by atoms with Gasteiger partial charge in [0.15, 0.2) is 0 Å². The molecule has 0 atom stereocenters. The van der Waals surface area contributed by atoms with Crippen LogP contribution < -0.4 is 10.1 Å². The van der Waals surface area contributed by atoms with Crippen molar-refractivity contribution < 1.29 is 4.74 Å². The fourth-order valence-corrected chi connectivity index (χ4v) is 3.19. The van der Waals surface area contributed by atoms with Gasteiger partial charge in [0.25, 0.3) is 0 Å². The highest BCUT2D eigenvalue weighted by atomic mass is 16.5. The van der Waals surface area contributed by atoms with Crippen LogP contribution in [0.4, 0.5) is 5.69 Å². The van der Waals surface area contributed by atoms with Crippen LogP contribution in [0.2, 0.25) is 0 Å². The Morgan fingerprint density at radius 3 is 2.78 bits per heavy atom. The van der Waals surface area contributed by atoms with Crippen molar-refractivity contribution in [1.29, 1.82) is 0 Å². The summed E-state index contributed by atoms with van der Waals surface area (Å²) in [4.78, 5) is 0. The van der Waals surface area contributed by atoms with Gasteiger partial charge in [0.1, 0.15) is 11.4 Å². The van der Waals surface area contributed by atoms with Gasteiger partial charge in [-0.25, -0.2) is 0 Å². The molecule has 0 amide bonds. The van der Waals surface area contributed by atoms with E-state index in [2.05, 4.69) is 30.4 Å². The standard InChI is InChI=1S/C16H23NO/c1-16(9-3-2-4-10-16)18-14-8-7-13-6-5-11-17-15(13)12-14/h7-8,12,17H,2-6,9-11H2,1H3. The lowest BCUT2D eigenvalue weighted by Gasteiger charge is -2.34. The topological polar surface area (TPSA) is 21.3 Å². The molecule has 1 N–H and O–H groups in total. The summed E-state index contributed by atoms with van der Waals surface area (Å²) >= 11 is 0. The van der Waals surface area contributed by atoms with E-state index in [1.54, 1.807) is 0 Å². The van der Waals surface area contributed by atoms with E-state index in [1.165, 1.54) is 56.2 Å². The van der Waals surface area contributed by atoms with Crippen LogP contribution in [0.25, 0.3) is 0 Å². The van der Waals surface area contributed by atoms with Crippen LogP contribution in [0.3, 0.4) is 0 Å². The summed E-state index contributed by atoms with van der Waals surface area (Å²) in [5.41, 5.74) is 2.77. The molecule has 1 aromatic carbocycles. The van der Waals surface area contributed by atoms with Crippen LogP contribution in [0.5, 0.6) is 5.75 Å². The molecule has 2 nitrogen and oxygen atoms in total. The number of hydrogen-bond donors (Lipinski definition) is 1. The molecule has 1 aromatic rings. The van der Waals surface area contributed by atoms with E-state index in [-0.39, 0.29) is 5.60 Å². The third-order valence-electron chi connectivity index (χ3n) is 4.30. The fraction of sp³-hybridized carbons (Fsp3) is 0.625. The van der Waals surface area contributed by atoms with Gasteiger partial charge >= 0.3 is 0 Å². The molecule has 1 saturated carbocycles.